The molecule has 0 aromatic heterocycles. The van der Waals surface area contributed by atoms with Gasteiger partial charge in [-0.2, -0.15) is 13.2 Å². The highest BCUT2D eigenvalue weighted by molar-refractivity contribution is 6.30. The highest BCUT2D eigenvalue weighted by atomic mass is 35.5. The highest BCUT2D eigenvalue weighted by Gasteiger charge is 2.33. The van der Waals surface area contributed by atoms with Crippen molar-refractivity contribution in [1.29, 1.82) is 0 Å². The second-order valence-corrected chi connectivity index (χ2v) is 6.04. The molecule has 0 aliphatic rings. The molecule has 2 aromatic rings. The van der Waals surface area contributed by atoms with Crippen LogP contribution in [-0.4, -0.2) is 0 Å². The van der Waals surface area contributed by atoms with Gasteiger partial charge in [-0.05, 0) is 49.7 Å². The van der Waals surface area contributed by atoms with Crippen LogP contribution in [0.4, 0.5) is 13.2 Å². The van der Waals surface area contributed by atoms with Crippen LogP contribution in [-0.2, 0) is 6.18 Å². The zero-order chi connectivity index (χ0) is 19.7. The van der Waals surface area contributed by atoms with Crippen LogP contribution in [0.25, 0.3) is 0 Å². The second kappa shape index (κ2) is 10.1. The Morgan fingerprint density at radius 3 is 2.15 bits per heavy atom. The average molecular weight is 383 g/mol. The maximum atomic E-state index is 13.1. The summed E-state index contributed by atoms with van der Waals surface area (Å²) in [4.78, 5) is 0. The highest BCUT2D eigenvalue weighted by Crippen LogP contribution is 2.35. The maximum absolute atomic E-state index is 13.1. The Labute approximate surface area is 158 Å². The van der Waals surface area contributed by atoms with E-state index in [1.165, 1.54) is 25.5 Å². The average Bonchev–Trinajstić information content (AvgIpc) is 2.57. The molecule has 5 heteroatoms. The number of halogens is 4. The number of benzene rings is 2. The molecule has 2 aromatic carbocycles. The van der Waals surface area contributed by atoms with Crippen LogP contribution < -0.4 is 4.74 Å². The van der Waals surface area contributed by atoms with Crippen molar-refractivity contribution in [1.82, 2.24) is 0 Å². The summed E-state index contributed by atoms with van der Waals surface area (Å²) in [5, 5.41) is 0.586. The molecule has 0 spiro atoms. The number of hydrogen-bond acceptors (Lipinski definition) is 1. The molecule has 0 saturated carbocycles. The first kappa shape index (κ1) is 21.9. The fraction of sp³-hybridized carbons (Fsp3) is 0.333. The molecule has 0 aliphatic heterocycles. The molecule has 0 heterocycles. The van der Waals surface area contributed by atoms with Gasteiger partial charge < -0.3 is 4.74 Å². The minimum absolute atomic E-state index is 0.0634. The lowest BCUT2D eigenvalue weighted by molar-refractivity contribution is -0.137. The van der Waals surface area contributed by atoms with Crippen LogP contribution in [0, 0.1) is 11.8 Å². The summed E-state index contributed by atoms with van der Waals surface area (Å²) in [6, 6.07) is 10.7. The summed E-state index contributed by atoms with van der Waals surface area (Å²) < 4.78 is 45.0. The summed E-state index contributed by atoms with van der Waals surface area (Å²) in [6.07, 6.45) is -3.64. The molecule has 0 N–H and O–H groups in total. The Morgan fingerprint density at radius 1 is 1.08 bits per heavy atom. The Morgan fingerprint density at radius 2 is 1.65 bits per heavy atom. The molecule has 1 nitrogen and oxygen atoms in total. The van der Waals surface area contributed by atoms with Crippen molar-refractivity contribution < 1.29 is 17.9 Å². The zero-order valence-corrected chi connectivity index (χ0v) is 16.0. The summed E-state index contributed by atoms with van der Waals surface area (Å²) >= 11 is 5.82. The van der Waals surface area contributed by atoms with Crippen molar-refractivity contribution in [3.63, 3.8) is 0 Å². The Balaban J connectivity index is 0.00000105. The number of hydrogen-bond donors (Lipinski definition) is 0. The van der Waals surface area contributed by atoms with Gasteiger partial charge in [0, 0.05) is 10.6 Å². The molecule has 0 saturated heterocycles. The van der Waals surface area contributed by atoms with E-state index in [9.17, 15) is 13.2 Å². The normalized spacial score (nSPS) is 11.5. The van der Waals surface area contributed by atoms with Crippen molar-refractivity contribution in [3.8, 4) is 17.6 Å². The van der Waals surface area contributed by atoms with E-state index in [-0.39, 0.29) is 11.3 Å². The standard InChI is InChI=1S/C18H14ClF3O.C3H8/c1-3-4-14-7-10-16(11-17(14)18(20,21)22)23-12(2)13-5-8-15(19)9-6-13;1-3-2/h5-12H,1-2H3;3H2,1-2H3. The van der Waals surface area contributed by atoms with Crippen molar-refractivity contribution in [2.75, 3.05) is 0 Å². The SMILES string of the molecule is CC#Cc1ccc(OC(C)c2ccc(Cl)cc2)cc1C(F)(F)F.CCC. The van der Waals surface area contributed by atoms with E-state index in [1.54, 1.807) is 31.2 Å². The van der Waals surface area contributed by atoms with Crippen LogP contribution in [0.3, 0.4) is 0 Å². The van der Waals surface area contributed by atoms with Gasteiger partial charge in [0.15, 0.2) is 0 Å². The molecule has 0 radical (unpaired) electrons. The van der Waals surface area contributed by atoms with Gasteiger partial charge in [0.1, 0.15) is 11.9 Å². The molecular weight excluding hydrogens is 361 g/mol. The largest absolute Gasteiger partial charge is 0.486 e. The maximum Gasteiger partial charge on any atom is 0.417 e. The molecule has 1 unspecified atom stereocenters. The van der Waals surface area contributed by atoms with Crippen LogP contribution in [0.2, 0.25) is 5.02 Å². The molecule has 0 fully saturated rings. The molecule has 0 aliphatic carbocycles. The smallest absolute Gasteiger partial charge is 0.417 e. The molecule has 26 heavy (non-hydrogen) atoms. The third-order valence-corrected chi connectivity index (χ3v) is 3.46. The lowest BCUT2D eigenvalue weighted by Gasteiger charge is -2.17. The first-order valence-corrected chi connectivity index (χ1v) is 8.66. The van der Waals surface area contributed by atoms with Gasteiger partial charge in [0.25, 0.3) is 0 Å². The van der Waals surface area contributed by atoms with Crippen molar-refractivity contribution in [2.45, 2.75) is 46.4 Å². The quantitative estimate of drug-likeness (QED) is 0.506. The van der Waals surface area contributed by atoms with Crippen molar-refractivity contribution in [3.05, 3.63) is 64.2 Å². The topological polar surface area (TPSA) is 9.23 Å². The Kier molecular flexibility index (Phi) is 8.54. The lowest BCUT2D eigenvalue weighted by Crippen LogP contribution is -2.09. The molecular formula is C21H22ClF3O. The Bertz CT molecular complexity index is 756. The third-order valence-electron chi connectivity index (χ3n) is 3.21. The van der Waals surface area contributed by atoms with Gasteiger partial charge in [-0.1, -0.05) is 49.9 Å². The predicted molar refractivity (Wildman–Crippen MR) is 100 cm³/mol. The first-order valence-electron chi connectivity index (χ1n) is 8.29. The van der Waals surface area contributed by atoms with E-state index in [2.05, 4.69) is 25.7 Å². The van der Waals surface area contributed by atoms with E-state index in [1.807, 2.05) is 0 Å². The fourth-order valence-corrected chi connectivity index (χ4v) is 2.21. The Hall–Kier alpha value is -2.12. The number of alkyl halides is 3. The minimum atomic E-state index is -4.48. The van der Waals surface area contributed by atoms with E-state index in [0.717, 1.165) is 11.6 Å². The number of ether oxygens (including phenoxy) is 1. The lowest BCUT2D eigenvalue weighted by atomic mass is 10.1. The number of rotatable bonds is 3. The van der Waals surface area contributed by atoms with E-state index < -0.39 is 17.8 Å². The van der Waals surface area contributed by atoms with E-state index in [0.29, 0.717) is 5.02 Å². The summed E-state index contributed by atoms with van der Waals surface area (Å²) in [5.74, 6) is 5.09. The summed E-state index contributed by atoms with van der Waals surface area (Å²) in [5.41, 5.74) is -0.0421. The van der Waals surface area contributed by atoms with Gasteiger partial charge in [-0.3, -0.25) is 0 Å². The molecule has 140 valence electrons. The summed E-state index contributed by atoms with van der Waals surface area (Å²) in [7, 11) is 0. The zero-order valence-electron chi connectivity index (χ0n) is 15.2. The van der Waals surface area contributed by atoms with Crippen LogP contribution in [0.5, 0.6) is 5.75 Å². The first-order chi connectivity index (χ1) is 12.2. The van der Waals surface area contributed by atoms with Gasteiger partial charge >= 0.3 is 6.18 Å². The van der Waals surface area contributed by atoms with Crippen molar-refractivity contribution in [2.24, 2.45) is 0 Å². The van der Waals surface area contributed by atoms with Crippen molar-refractivity contribution >= 4 is 11.6 Å². The van der Waals surface area contributed by atoms with Crippen LogP contribution in [0.1, 0.15) is 56.9 Å². The van der Waals surface area contributed by atoms with Crippen LogP contribution in [0.15, 0.2) is 42.5 Å². The molecule has 0 amide bonds. The van der Waals surface area contributed by atoms with Crippen LogP contribution >= 0.6 is 11.6 Å². The molecule has 0 bridgehead atoms. The van der Waals surface area contributed by atoms with Gasteiger partial charge in [0.05, 0.1) is 5.56 Å². The van der Waals surface area contributed by atoms with Gasteiger partial charge in [-0.15, -0.1) is 5.92 Å². The van der Waals surface area contributed by atoms with Gasteiger partial charge in [0.2, 0.25) is 0 Å². The second-order valence-electron chi connectivity index (χ2n) is 5.60. The van der Waals surface area contributed by atoms with E-state index in [4.69, 9.17) is 16.3 Å². The predicted octanol–water partition coefficient (Wildman–Crippen LogP) is 7.29. The minimum Gasteiger partial charge on any atom is -0.486 e. The van der Waals surface area contributed by atoms with Gasteiger partial charge in [-0.25, -0.2) is 0 Å². The molecule has 2 rings (SSSR count). The third kappa shape index (κ3) is 6.65. The summed E-state index contributed by atoms with van der Waals surface area (Å²) in [6.45, 7) is 7.50. The van der Waals surface area contributed by atoms with E-state index >= 15 is 0 Å². The monoisotopic (exact) mass is 382 g/mol. The fourth-order valence-electron chi connectivity index (χ4n) is 2.08. The molecule has 1 atom stereocenters.